The van der Waals surface area contributed by atoms with E-state index in [1.54, 1.807) is 0 Å². The first-order valence-corrected chi connectivity index (χ1v) is 13.5. The molecule has 0 bridgehead atoms. The zero-order chi connectivity index (χ0) is 23.1. The number of β-amino-alcohol motifs (C(OH)–C–C–N with tert-alkyl or cyclic N) is 1. The number of carbonyl (C=O) groups excluding carboxylic acids is 1. The van der Waals surface area contributed by atoms with E-state index in [1.807, 2.05) is 23.2 Å². The van der Waals surface area contributed by atoms with Crippen LogP contribution in [0.4, 0.5) is 10.5 Å². The van der Waals surface area contributed by atoms with E-state index in [0.29, 0.717) is 36.2 Å². The van der Waals surface area contributed by atoms with E-state index in [-0.39, 0.29) is 12.6 Å². The number of aliphatic hydroxyl groups is 1. The molecular formula is C26H39N5O3. The molecule has 6 rings (SSSR count). The second kappa shape index (κ2) is 9.63. The lowest BCUT2D eigenvalue weighted by atomic mass is 9.89. The summed E-state index contributed by atoms with van der Waals surface area (Å²) in [7, 11) is 0. The first-order chi connectivity index (χ1) is 16.7. The van der Waals surface area contributed by atoms with Crippen LogP contribution in [0.1, 0.15) is 57.8 Å². The maximum Gasteiger partial charge on any atom is 0.325 e. The third-order valence-electron chi connectivity index (χ3n) is 8.83. The minimum atomic E-state index is 0.175. The Balaban J connectivity index is 1.03. The highest BCUT2D eigenvalue weighted by atomic mass is 16.5. The Labute approximate surface area is 202 Å². The lowest BCUT2D eigenvalue weighted by molar-refractivity contribution is 0.0565. The normalized spacial score (nSPS) is 32.9. The van der Waals surface area contributed by atoms with Crippen LogP contribution in [0.25, 0.3) is 0 Å². The average Bonchev–Trinajstić information content (AvgIpc) is 3.31. The van der Waals surface area contributed by atoms with Crippen LogP contribution >= 0.6 is 0 Å². The summed E-state index contributed by atoms with van der Waals surface area (Å²) in [5.41, 5.74) is 0.910. The molecule has 5 fully saturated rings. The minimum Gasteiger partial charge on any atom is -0.474 e. The number of anilines is 1. The number of urea groups is 1. The van der Waals surface area contributed by atoms with Crippen LogP contribution in [-0.2, 0) is 0 Å². The van der Waals surface area contributed by atoms with Gasteiger partial charge in [-0.25, -0.2) is 9.78 Å². The molecule has 3 heterocycles. The largest absolute Gasteiger partial charge is 0.474 e. The topological polar surface area (TPSA) is 72.4 Å². The van der Waals surface area contributed by atoms with E-state index >= 15 is 0 Å². The van der Waals surface area contributed by atoms with Gasteiger partial charge in [0.25, 0.3) is 0 Å². The quantitative estimate of drug-likeness (QED) is 0.662. The summed E-state index contributed by atoms with van der Waals surface area (Å²) in [6, 6.07) is 5.84. The van der Waals surface area contributed by atoms with Crippen LogP contribution < -0.4 is 9.64 Å². The lowest BCUT2D eigenvalue weighted by Gasteiger charge is -2.43. The molecule has 2 amide bonds. The molecule has 2 atom stereocenters. The highest BCUT2D eigenvalue weighted by Gasteiger charge is 2.59. The van der Waals surface area contributed by atoms with Crippen molar-refractivity contribution < 1.29 is 14.6 Å². The van der Waals surface area contributed by atoms with Gasteiger partial charge in [-0.2, -0.15) is 0 Å². The number of nitrogens with zero attached hydrogens (tertiary/aromatic N) is 5. The number of ether oxygens (including phenoxy) is 1. The summed E-state index contributed by atoms with van der Waals surface area (Å²) in [6.45, 7) is 5.36. The Morgan fingerprint density at radius 1 is 0.941 bits per heavy atom. The van der Waals surface area contributed by atoms with Gasteiger partial charge in [-0.1, -0.05) is 0 Å². The molecule has 34 heavy (non-hydrogen) atoms. The number of rotatable bonds is 7. The van der Waals surface area contributed by atoms with E-state index in [9.17, 15) is 4.79 Å². The Morgan fingerprint density at radius 3 is 2.35 bits per heavy atom. The predicted molar refractivity (Wildman–Crippen MR) is 130 cm³/mol. The van der Waals surface area contributed by atoms with Crippen LogP contribution in [0, 0.1) is 0 Å². The third-order valence-corrected chi connectivity index (χ3v) is 8.83. The van der Waals surface area contributed by atoms with Crippen molar-refractivity contribution in [3.63, 3.8) is 0 Å². The fourth-order valence-electron chi connectivity index (χ4n) is 6.84. The van der Waals surface area contributed by atoms with Crippen LogP contribution in [-0.4, -0.2) is 100 Å². The van der Waals surface area contributed by atoms with E-state index in [2.05, 4.69) is 19.7 Å². The van der Waals surface area contributed by atoms with Crippen molar-refractivity contribution in [3.8, 4) is 5.88 Å². The Bertz CT molecular complexity index is 844. The van der Waals surface area contributed by atoms with Gasteiger partial charge in [0, 0.05) is 50.9 Å². The number of hydrogen-bond donors (Lipinski definition) is 1. The fraction of sp³-hybridized carbons (Fsp3) is 0.769. The average molecular weight is 470 g/mol. The molecule has 1 N–H and O–H groups in total. The molecule has 0 spiro atoms. The molecule has 1 aromatic heterocycles. The Kier molecular flexibility index (Phi) is 6.39. The molecule has 2 aliphatic heterocycles. The molecule has 8 heteroatoms. The smallest absolute Gasteiger partial charge is 0.325 e. The summed E-state index contributed by atoms with van der Waals surface area (Å²) in [5.74, 6) is 0.682. The van der Waals surface area contributed by atoms with Crippen molar-refractivity contribution >= 4 is 11.7 Å². The summed E-state index contributed by atoms with van der Waals surface area (Å²) < 4.78 is 6.01. The van der Waals surface area contributed by atoms with Crippen molar-refractivity contribution in [3.05, 3.63) is 18.3 Å². The number of piperazine rings is 1. The number of aliphatic hydroxyl groups excluding tert-OH is 1. The second-order valence-corrected chi connectivity index (χ2v) is 10.9. The van der Waals surface area contributed by atoms with Gasteiger partial charge < -0.3 is 14.7 Å². The van der Waals surface area contributed by atoms with Gasteiger partial charge in [-0.05, 0) is 63.9 Å². The van der Waals surface area contributed by atoms with Gasteiger partial charge in [0.2, 0.25) is 5.88 Å². The molecular weight excluding hydrogens is 430 g/mol. The van der Waals surface area contributed by atoms with E-state index in [4.69, 9.17) is 9.84 Å². The number of hydrogen-bond acceptors (Lipinski definition) is 6. The van der Waals surface area contributed by atoms with E-state index < -0.39 is 0 Å². The predicted octanol–water partition coefficient (Wildman–Crippen LogP) is 2.71. The number of carbonyl (C=O) groups is 1. The standard InChI is InChI=1S/C26H39N5O3/c32-16-15-28-11-13-29(14-12-28)19-5-7-20(8-6-19)30-23-17-24(23)31(26(30)33)21-9-10-25(27-18-21)34-22-3-1-2-4-22/h9-10,18-20,22-24,32H,1-8,11-17H2. The van der Waals surface area contributed by atoms with Gasteiger partial charge >= 0.3 is 6.03 Å². The zero-order valence-electron chi connectivity index (χ0n) is 20.2. The van der Waals surface area contributed by atoms with Gasteiger partial charge in [0.15, 0.2) is 0 Å². The number of fused-ring (bicyclic) bond motifs is 1. The maximum atomic E-state index is 13.4. The van der Waals surface area contributed by atoms with Crippen molar-refractivity contribution in [1.82, 2.24) is 19.7 Å². The summed E-state index contributed by atoms with van der Waals surface area (Å²) in [6.07, 6.45) is 12.5. The van der Waals surface area contributed by atoms with Crippen molar-refractivity contribution in [2.75, 3.05) is 44.2 Å². The third kappa shape index (κ3) is 4.40. The van der Waals surface area contributed by atoms with Crippen molar-refractivity contribution in [2.45, 2.75) is 88.1 Å². The van der Waals surface area contributed by atoms with E-state index in [1.165, 1.54) is 25.7 Å². The molecule has 2 unspecified atom stereocenters. The SMILES string of the molecule is O=C1N(c2ccc(OC3CCCC3)nc2)C2CC2N1C1CCC(N2CCN(CCO)CC2)CC1. The van der Waals surface area contributed by atoms with Crippen LogP contribution in [0.3, 0.4) is 0 Å². The monoisotopic (exact) mass is 469 g/mol. The fourth-order valence-corrected chi connectivity index (χ4v) is 6.84. The summed E-state index contributed by atoms with van der Waals surface area (Å²) in [4.78, 5) is 27.2. The molecule has 186 valence electrons. The van der Waals surface area contributed by atoms with Crippen LogP contribution in [0.2, 0.25) is 0 Å². The number of pyridine rings is 1. The summed E-state index contributed by atoms with van der Waals surface area (Å²) in [5, 5.41) is 9.17. The molecule has 3 aliphatic carbocycles. The molecule has 5 aliphatic rings. The highest BCUT2D eigenvalue weighted by Crippen LogP contribution is 2.46. The van der Waals surface area contributed by atoms with Crippen LogP contribution in [0.5, 0.6) is 5.88 Å². The van der Waals surface area contributed by atoms with Crippen molar-refractivity contribution in [2.24, 2.45) is 0 Å². The Hall–Kier alpha value is -1.90. The minimum absolute atomic E-state index is 0.175. The number of aromatic nitrogens is 1. The zero-order valence-corrected chi connectivity index (χ0v) is 20.2. The van der Waals surface area contributed by atoms with E-state index in [0.717, 1.165) is 70.5 Å². The van der Waals surface area contributed by atoms with Gasteiger partial charge in [-0.3, -0.25) is 14.7 Å². The Morgan fingerprint density at radius 2 is 1.68 bits per heavy atom. The van der Waals surface area contributed by atoms with Gasteiger partial charge in [0.05, 0.1) is 30.6 Å². The molecule has 2 saturated heterocycles. The summed E-state index contributed by atoms with van der Waals surface area (Å²) >= 11 is 0. The number of amides is 2. The van der Waals surface area contributed by atoms with Gasteiger partial charge in [-0.15, -0.1) is 0 Å². The van der Waals surface area contributed by atoms with Gasteiger partial charge in [0.1, 0.15) is 6.10 Å². The molecule has 0 radical (unpaired) electrons. The molecule has 0 aromatic carbocycles. The second-order valence-electron chi connectivity index (χ2n) is 10.9. The van der Waals surface area contributed by atoms with Crippen LogP contribution in [0.15, 0.2) is 18.3 Å². The molecule has 1 aromatic rings. The molecule has 3 saturated carbocycles. The lowest BCUT2D eigenvalue weighted by Crippen LogP contribution is -2.53. The first kappa shape index (κ1) is 22.6. The highest BCUT2D eigenvalue weighted by molar-refractivity contribution is 5.97. The van der Waals surface area contributed by atoms with Crippen molar-refractivity contribution in [1.29, 1.82) is 0 Å². The maximum absolute atomic E-state index is 13.4. The first-order valence-electron chi connectivity index (χ1n) is 13.5. The molecule has 8 nitrogen and oxygen atoms in total.